The average Bonchev–Trinajstić information content (AvgIpc) is 3.27. The molecular weight excluding hydrogens is 449 g/mol. The molecule has 1 aromatic carbocycles. The van der Waals surface area contributed by atoms with Crippen LogP contribution in [-0.4, -0.2) is 16.6 Å². The van der Waals surface area contributed by atoms with Gasteiger partial charge >= 0.3 is 6.18 Å². The third-order valence-electron chi connectivity index (χ3n) is 5.13. The van der Waals surface area contributed by atoms with Crippen molar-refractivity contribution < 1.29 is 17.9 Å². The average molecular weight is 479 g/mol. The van der Waals surface area contributed by atoms with Gasteiger partial charge in [0.2, 0.25) is 0 Å². The summed E-state index contributed by atoms with van der Waals surface area (Å²) in [7, 11) is 0. The zero-order valence-corrected chi connectivity index (χ0v) is 19.4. The molecule has 0 amide bonds. The van der Waals surface area contributed by atoms with Crippen LogP contribution in [0.25, 0.3) is 11.3 Å². The van der Waals surface area contributed by atoms with Gasteiger partial charge in [0.25, 0.3) is 0 Å². The molecular formula is C24H29F3N4OS. The topological polar surface area (TPSA) is 73.1 Å². The van der Waals surface area contributed by atoms with E-state index >= 15 is 0 Å². The first-order valence-electron chi connectivity index (χ1n) is 11.1. The molecule has 0 spiro atoms. The minimum Gasteiger partial charge on any atom is -0.493 e. The van der Waals surface area contributed by atoms with E-state index < -0.39 is 11.7 Å². The normalized spacial score (nSPS) is 11.5. The number of benzene rings is 1. The molecule has 3 N–H and O–H groups in total. The number of hydrogen-bond acceptors (Lipinski definition) is 6. The molecule has 0 aliphatic carbocycles. The highest BCUT2D eigenvalue weighted by molar-refractivity contribution is 7.14. The molecule has 9 heteroatoms. The van der Waals surface area contributed by atoms with E-state index in [-0.39, 0.29) is 12.4 Å². The molecule has 3 aromatic rings. The number of hydrogen-bond donors (Lipinski definition) is 2. The lowest BCUT2D eigenvalue weighted by molar-refractivity contribution is -0.138. The summed E-state index contributed by atoms with van der Waals surface area (Å²) in [6.07, 6.45) is 3.44. The number of anilines is 2. The molecule has 5 nitrogen and oxygen atoms in total. The minimum absolute atomic E-state index is 0.146. The molecule has 3 rings (SSSR count). The predicted molar refractivity (Wildman–Crippen MR) is 127 cm³/mol. The van der Waals surface area contributed by atoms with Crippen LogP contribution in [0.1, 0.15) is 56.7 Å². The van der Waals surface area contributed by atoms with E-state index in [4.69, 9.17) is 10.5 Å². The van der Waals surface area contributed by atoms with Crippen molar-refractivity contribution in [3.8, 4) is 17.0 Å². The number of alkyl halides is 3. The Bertz CT molecular complexity index is 1010. The highest BCUT2D eigenvalue weighted by atomic mass is 32.1. The van der Waals surface area contributed by atoms with Gasteiger partial charge in [-0.15, -0.1) is 11.3 Å². The molecule has 178 valence electrons. The maximum absolute atomic E-state index is 13.6. The van der Waals surface area contributed by atoms with E-state index in [9.17, 15) is 13.2 Å². The Morgan fingerprint density at radius 3 is 2.55 bits per heavy atom. The second kappa shape index (κ2) is 12.0. The van der Waals surface area contributed by atoms with Crippen LogP contribution >= 0.6 is 11.3 Å². The SMILES string of the molecule is CCCCCCCCOc1ccc(Nc2nc(-c3ccc(CN)nc3)cs2)cc1C(F)(F)F. The van der Waals surface area contributed by atoms with E-state index in [0.29, 0.717) is 23.1 Å². The van der Waals surface area contributed by atoms with Crippen molar-refractivity contribution >= 4 is 22.2 Å². The lowest BCUT2D eigenvalue weighted by atomic mass is 10.1. The number of thiazole rings is 1. The van der Waals surface area contributed by atoms with E-state index in [1.54, 1.807) is 12.3 Å². The van der Waals surface area contributed by atoms with Crippen LogP contribution in [0.4, 0.5) is 24.0 Å². The first-order chi connectivity index (χ1) is 15.9. The summed E-state index contributed by atoms with van der Waals surface area (Å²) in [6, 6.07) is 7.69. The third kappa shape index (κ3) is 7.43. The molecule has 33 heavy (non-hydrogen) atoms. The Morgan fingerprint density at radius 1 is 1.06 bits per heavy atom. The highest BCUT2D eigenvalue weighted by Crippen LogP contribution is 2.39. The summed E-state index contributed by atoms with van der Waals surface area (Å²) in [5.41, 5.74) is 7.34. The molecule has 0 aliphatic heterocycles. The minimum atomic E-state index is -4.52. The van der Waals surface area contributed by atoms with Crippen molar-refractivity contribution in [1.82, 2.24) is 9.97 Å². The summed E-state index contributed by atoms with van der Waals surface area (Å²) in [5, 5.41) is 5.28. The number of nitrogens with zero attached hydrogens (tertiary/aromatic N) is 2. The Hall–Kier alpha value is -2.65. The third-order valence-corrected chi connectivity index (χ3v) is 5.88. The number of ether oxygens (including phenoxy) is 1. The number of pyridine rings is 1. The van der Waals surface area contributed by atoms with E-state index in [2.05, 4.69) is 22.2 Å². The van der Waals surface area contributed by atoms with Crippen molar-refractivity contribution in [2.45, 2.75) is 58.2 Å². The number of rotatable bonds is 12. The van der Waals surface area contributed by atoms with Gasteiger partial charge in [-0.1, -0.05) is 39.0 Å². The zero-order valence-electron chi connectivity index (χ0n) is 18.6. The first kappa shape index (κ1) is 25.0. The number of halogens is 3. The van der Waals surface area contributed by atoms with Gasteiger partial charge in [-0.2, -0.15) is 13.2 Å². The maximum atomic E-state index is 13.6. The van der Waals surface area contributed by atoms with Crippen LogP contribution < -0.4 is 15.8 Å². The molecule has 0 aliphatic rings. The summed E-state index contributed by atoms with van der Waals surface area (Å²) >= 11 is 1.30. The predicted octanol–water partition coefficient (Wildman–Crippen LogP) is 7.17. The van der Waals surface area contributed by atoms with E-state index in [1.165, 1.54) is 23.8 Å². The Balaban J connectivity index is 1.64. The zero-order chi connectivity index (χ0) is 23.7. The van der Waals surface area contributed by atoms with Crippen LogP contribution in [0.5, 0.6) is 5.75 Å². The Morgan fingerprint density at radius 2 is 1.85 bits per heavy atom. The number of nitrogens with two attached hydrogens (primary N) is 1. The molecule has 2 aromatic heterocycles. The molecule has 0 unspecified atom stereocenters. The number of unbranched alkanes of at least 4 members (excludes halogenated alkanes) is 5. The largest absolute Gasteiger partial charge is 0.493 e. The second-order valence-electron chi connectivity index (χ2n) is 7.73. The standard InChI is InChI=1S/C24H29F3N4OS/c1-2-3-4-5-6-7-12-32-22-11-10-18(13-20(22)24(25,26)27)30-23-31-21(16-33-23)17-8-9-19(14-28)29-15-17/h8-11,13,15-16H,2-7,12,14,28H2,1H3,(H,30,31). The van der Waals surface area contributed by atoms with Crippen molar-refractivity contribution in [3.63, 3.8) is 0 Å². The van der Waals surface area contributed by atoms with Gasteiger partial charge in [0.15, 0.2) is 5.13 Å². The van der Waals surface area contributed by atoms with Gasteiger partial charge in [0.1, 0.15) is 5.75 Å². The van der Waals surface area contributed by atoms with Gasteiger partial charge < -0.3 is 15.8 Å². The quantitative estimate of drug-likeness (QED) is 0.270. The van der Waals surface area contributed by atoms with Crippen LogP contribution in [-0.2, 0) is 12.7 Å². The lowest BCUT2D eigenvalue weighted by Gasteiger charge is -2.15. The van der Waals surface area contributed by atoms with Crippen LogP contribution in [0.3, 0.4) is 0 Å². The Kier molecular flexibility index (Phi) is 9.08. The maximum Gasteiger partial charge on any atom is 0.420 e. The smallest absolute Gasteiger partial charge is 0.420 e. The molecule has 0 saturated carbocycles. The summed E-state index contributed by atoms with van der Waals surface area (Å²) in [6.45, 7) is 2.77. The molecule has 0 saturated heterocycles. The van der Waals surface area contributed by atoms with E-state index in [0.717, 1.165) is 49.4 Å². The van der Waals surface area contributed by atoms with Gasteiger partial charge in [-0.25, -0.2) is 4.98 Å². The molecule has 0 bridgehead atoms. The number of nitrogens with one attached hydrogen (secondary N) is 1. The summed E-state index contributed by atoms with van der Waals surface area (Å²) in [5.74, 6) is -0.146. The van der Waals surface area contributed by atoms with Crippen LogP contribution in [0.15, 0.2) is 41.9 Å². The fraction of sp³-hybridized carbons (Fsp3) is 0.417. The van der Waals surface area contributed by atoms with Crippen molar-refractivity contribution in [2.75, 3.05) is 11.9 Å². The monoisotopic (exact) mass is 478 g/mol. The fourth-order valence-corrected chi connectivity index (χ4v) is 4.04. The highest BCUT2D eigenvalue weighted by Gasteiger charge is 2.34. The van der Waals surface area contributed by atoms with Crippen molar-refractivity contribution in [1.29, 1.82) is 0 Å². The molecule has 0 atom stereocenters. The van der Waals surface area contributed by atoms with Gasteiger partial charge in [-0.05, 0) is 36.8 Å². The van der Waals surface area contributed by atoms with E-state index in [1.807, 2.05) is 17.5 Å². The van der Waals surface area contributed by atoms with Gasteiger partial charge in [0.05, 0.1) is 23.6 Å². The molecule has 0 radical (unpaired) electrons. The molecule has 0 fully saturated rings. The first-order valence-corrected chi connectivity index (χ1v) is 12.0. The summed E-state index contributed by atoms with van der Waals surface area (Å²) < 4.78 is 46.4. The van der Waals surface area contributed by atoms with Crippen molar-refractivity contribution in [2.24, 2.45) is 5.73 Å². The number of aromatic nitrogens is 2. The van der Waals surface area contributed by atoms with Gasteiger partial charge in [-0.3, -0.25) is 4.98 Å². The molecule has 2 heterocycles. The van der Waals surface area contributed by atoms with Crippen LogP contribution in [0.2, 0.25) is 0 Å². The van der Waals surface area contributed by atoms with Gasteiger partial charge in [0, 0.05) is 29.4 Å². The second-order valence-corrected chi connectivity index (χ2v) is 8.59. The lowest BCUT2D eigenvalue weighted by Crippen LogP contribution is -2.10. The fourth-order valence-electron chi connectivity index (χ4n) is 3.30. The summed E-state index contributed by atoms with van der Waals surface area (Å²) in [4.78, 5) is 8.70. The van der Waals surface area contributed by atoms with Crippen LogP contribution in [0, 0.1) is 0 Å². The van der Waals surface area contributed by atoms with Crippen molar-refractivity contribution in [3.05, 3.63) is 53.2 Å². The Labute approximate surface area is 196 Å².